The maximum Gasteiger partial charge on any atom is 0.261 e. The minimum Gasteiger partial charge on any atom is -0.351 e. The Balaban J connectivity index is 0.00000259. The zero-order chi connectivity index (χ0) is 22.1. The summed E-state index contributed by atoms with van der Waals surface area (Å²) >= 11 is 1.48. The van der Waals surface area contributed by atoms with Crippen molar-refractivity contribution >= 4 is 50.8 Å². The summed E-state index contributed by atoms with van der Waals surface area (Å²) in [5.41, 5.74) is 4.98. The predicted octanol–water partition coefficient (Wildman–Crippen LogP) is 6.13. The third-order valence-corrected chi connectivity index (χ3v) is 7.64. The Kier molecular flexibility index (Phi) is 7.32. The van der Waals surface area contributed by atoms with Gasteiger partial charge in [0.05, 0.1) is 10.4 Å². The van der Waals surface area contributed by atoms with Crippen LogP contribution in [0.2, 0.25) is 0 Å². The molecule has 0 saturated carbocycles. The number of benzene rings is 2. The molecule has 172 valence electrons. The number of thiophene rings is 1. The van der Waals surface area contributed by atoms with Crippen LogP contribution in [0.5, 0.6) is 0 Å². The fourth-order valence-electron chi connectivity index (χ4n) is 4.57. The molecule has 5 rings (SSSR count). The molecule has 2 aromatic heterocycles. The van der Waals surface area contributed by atoms with Crippen LogP contribution in [-0.2, 0) is 6.54 Å². The van der Waals surface area contributed by atoms with E-state index in [0.29, 0.717) is 5.92 Å². The quantitative estimate of drug-likeness (QED) is 0.374. The topological polar surface area (TPSA) is 45.2 Å². The molecular weight excluding hydrogens is 450 g/mol. The highest BCUT2D eigenvalue weighted by Gasteiger charge is 2.21. The predicted molar refractivity (Wildman–Crippen MR) is 141 cm³/mol. The van der Waals surface area contributed by atoms with Crippen LogP contribution in [-0.4, -0.2) is 35.4 Å². The number of nitrogens with one attached hydrogen (secondary N) is 1. The van der Waals surface area contributed by atoms with Crippen molar-refractivity contribution in [2.45, 2.75) is 33.2 Å². The first-order valence-electron chi connectivity index (χ1n) is 11.4. The van der Waals surface area contributed by atoms with Gasteiger partial charge in [-0.1, -0.05) is 35.9 Å². The lowest BCUT2D eigenvalue weighted by atomic mass is 9.96. The molecular formula is C27H30ClN3OS. The van der Waals surface area contributed by atoms with Crippen molar-refractivity contribution in [3.05, 3.63) is 76.2 Å². The second-order valence-corrected chi connectivity index (χ2v) is 10.1. The summed E-state index contributed by atoms with van der Waals surface area (Å²) in [5.74, 6) is 0.570. The number of carbonyl (C=O) groups excluding carboxylic acids is 1. The van der Waals surface area contributed by atoms with E-state index in [1.54, 1.807) is 0 Å². The third kappa shape index (κ3) is 5.37. The molecule has 1 fully saturated rings. The van der Waals surface area contributed by atoms with E-state index in [2.05, 4.69) is 72.6 Å². The van der Waals surface area contributed by atoms with Gasteiger partial charge in [0, 0.05) is 23.9 Å². The smallest absolute Gasteiger partial charge is 0.261 e. The SMILES string of the molecule is Cc1ccc2nc3sc(C(=O)NCC4CCN(Cc5ccccc5C)CC4)cc3cc2c1.Cl. The van der Waals surface area contributed by atoms with Crippen molar-refractivity contribution in [1.82, 2.24) is 15.2 Å². The van der Waals surface area contributed by atoms with Gasteiger partial charge in [0.1, 0.15) is 4.83 Å². The lowest BCUT2D eigenvalue weighted by molar-refractivity contribution is 0.0939. The van der Waals surface area contributed by atoms with E-state index < -0.39 is 0 Å². The van der Waals surface area contributed by atoms with Gasteiger partial charge in [-0.2, -0.15) is 0 Å². The number of likely N-dealkylation sites (tertiary alicyclic amines) is 1. The zero-order valence-corrected chi connectivity index (χ0v) is 20.8. The maximum absolute atomic E-state index is 12.8. The molecule has 1 aliphatic heterocycles. The number of piperidine rings is 1. The first-order chi connectivity index (χ1) is 15.5. The maximum atomic E-state index is 12.8. The molecule has 1 amide bonds. The fourth-order valence-corrected chi connectivity index (χ4v) is 5.51. The monoisotopic (exact) mass is 479 g/mol. The van der Waals surface area contributed by atoms with Crippen LogP contribution < -0.4 is 5.32 Å². The van der Waals surface area contributed by atoms with Gasteiger partial charge in [-0.15, -0.1) is 23.7 Å². The molecule has 2 aromatic carbocycles. The van der Waals surface area contributed by atoms with Gasteiger partial charge in [-0.25, -0.2) is 4.98 Å². The van der Waals surface area contributed by atoms with E-state index in [9.17, 15) is 4.79 Å². The summed E-state index contributed by atoms with van der Waals surface area (Å²) in [6, 6.07) is 19.0. The summed E-state index contributed by atoms with van der Waals surface area (Å²) in [6.07, 6.45) is 2.26. The zero-order valence-electron chi connectivity index (χ0n) is 19.1. The molecule has 0 bridgehead atoms. The number of aryl methyl sites for hydroxylation is 2. The summed E-state index contributed by atoms with van der Waals surface area (Å²) in [6.45, 7) is 8.23. The summed E-state index contributed by atoms with van der Waals surface area (Å²) < 4.78 is 0. The molecule has 33 heavy (non-hydrogen) atoms. The van der Waals surface area contributed by atoms with Gasteiger partial charge in [0.2, 0.25) is 0 Å². The van der Waals surface area contributed by atoms with Crippen molar-refractivity contribution in [2.75, 3.05) is 19.6 Å². The normalized spacial score (nSPS) is 15.0. The molecule has 0 atom stereocenters. The highest BCUT2D eigenvalue weighted by molar-refractivity contribution is 7.20. The Morgan fingerprint density at radius 2 is 1.85 bits per heavy atom. The molecule has 0 radical (unpaired) electrons. The van der Waals surface area contributed by atoms with Crippen molar-refractivity contribution in [3.8, 4) is 0 Å². The molecule has 1 aliphatic rings. The third-order valence-electron chi connectivity index (χ3n) is 6.59. The van der Waals surface area contributed by atoms with Crippen molar-refractivity contribution < 1.29 is 4.79 Å². The molecule has 6 heteroatoms. The standard InChI is InChI=1S/C27H29N3OS.ClH/c1-18-7-8-24-22(13-18)14-23-15-25(32-27(23)29-24)26(31)28-16-20-9-11-30(12-10-20)17-21-6-4-3-5-19(21)2;/h3-8,13-15,20H,9-12,16-17H2,1-2H3,(H,28,31);1H. The van der Waals surface area contributed by atoms with Crippen LogP contribution in [0.1, 0.15) is 39.2 Å². The number of aromatic nitrogens is 1. The van der Waals surface area contributed by atoms with Crippen LogP contribution in [0, 0.1) is 19.8 Å². The van der Waals surface area contributed by atoms with Gasteiger partial charge in [-0.3, -0.25) is 9.69 Å². The van der Waals surface area contributed by atoms with Crippen LogP contribution in [0.15, 0.2) is 54.6 Å². The number of amides is 1. The molecule has 1 N–H and O–H groups in total. The van der Waals surface area contributed by atoms with Gasteiger partial charge in [0.15, 0.2) is 0 Å². The molecule has 0 unspecified atom stereocenters. The number of carbonyl (C=O) groups is 1. The summed E-state index contributed by atoms with van der Waals surface area (Å²) in [4.78, 5) is 21.8. The fraction of sp³-hybridized carbons (Fsp3) is 0.333. The molecule has 1 saturated heterocycles. The van der Waals surface area contributed by atoms with Gasteiger partial charge in [-0.05, 0) is 81.1 Å². The van der Waals surface area contributed by atoms with Crippen LogP contribution >= 0.6 is 23.7 Å². The first-order valence-corrected chi connectivity index (χ1v) is 12.2. The minimum absolute atomic E-state index is 0. The highest BCUT2D eigenvalue weighted by atomic mass is 35.5. The van der Waals surface area contributed by atoms with Crippen LogP contribution in [0.4, 0.5) is 0 Å². The lowest BCUT2D eigenvalue weighted by Crippen LogP contribution is -2.38. The average molecular weight is 480 g/mol. The molecule has 3 heterocycles. The number of rotatable bonds is 5. The molecule has 4 aromatic rings. The second kappa shape index (κ2) is 10.2. The van der Waals surface area contributed by atoms with Crippen molar-refractivity contribution in [2.24, 2.45) is 5.92 Å². The summed E-state index contributed by atoms with van der Waals surface area (Å²) in [7, 11) is 0. The Labute approximate surface area is 205 Å². The first kappa shape index (κ1) is 23.7. The van der Waals surface area contributed by atoms with Gasteiger partial charge in [0.25, 0.3) is 5.91 Å². The molecule has 0 spiro atoms. The number of nitrogens with zero attached hydrogens (tertiary/aromatic N) is 2. The van der Waals surface area contributed by atoms with E-state index in [1.165, 1.54) is 28.0 Å². The largest absolute Gasteiger partial charge is 0.351 e. The van der Waals surface area contributed by atoms with Crippen molar-refractivity contribution in [3.63, 3.8) is 0 Å². The van der Waals surface area contributed by atoms with Gasteiger partial charge < -0.3 is 5.32 Å². The molecule has 4 nitrogen and oxygen atoms in total. The van der Waals surface area contributed by atoms with E-state index in [-0.39, 0.29) is 18.3 Å². The highest BCUT2D eigenvalue weighted by Crippen LogP contribution is 2.28. The number of halogens is 1. The number of fused-ring (bicyclic) bond motifs is 2. The summed E-state index contributed by atoms with van der Waals surface area (Å²) in [5, 5.41) is 5.35. The minimum atomic E-state index is 0. The average Bonchev–Trinajstić information content (AvgIpc) is 3.21. The second-order valence-electron chi connectivity index (χ2n) is 9.05. The Morgan fingerprint density at radius 1 is 1.06 bits per heavy atom. The van der Waals surface area contributed by atoms with E-state index in [4.69, 9.17) is 4.98 Å². The lowest BCUT2D eigenvalue weighted by Gasteiger charge is -2.32. The number of pyridine rings is 1. The van der Waals surface area contributed by atoms with Gasteiger partial charge >= 0.3 is 0 Å². The van der Waals surface area contributed by atoms with Crippen LogP contribution in [0.3, 0.4) is 0 Å². The van der Waals surface area contributed by atoms with E-state index in [1.807, 2.05) is 6.07 Å². The molecule has 0 aliphatic carbocycles. The number of hydrogen-bond acceptors (Lipinski definition) is 4. The Hall–Kier alpha value is -2.47. The van der Waals surface area contributed by atoms with Crippen LogP contribution in [0.25, 0.3) is 21.1 Å². The van der Waals surface area contributed by atoms with E-state index in [0.717, 1.165) is 65.0 Å². The number of hydrogen-bond donors (Lipinski definition) is 1. The Bertz CT molecular complexity index is 1280. The van der Waals surface area contributed by atoms with E-state index >= 15 is 0 Å². The van der Waals surface area contributed by atoms with Crippen molar-refractivity contribution in [1.29, 1.82) is 0 Å². The Morgan fingerprint density at radius 3 is 2.64 bits per heavy atom.